The summed E-state index contributed by atoms with van der Waals surface area (Å²) in [6.07, 6.45) is -0.0256. The summed E-state index contributed by atoms with van der Waals surface area (Å²) in [4.78, 5) is 49.9. The second-order valence-corrected chi connectivity index (χ2v) is 6.98. The minimum atomic E-state index is -0.515. The largest absolute Gasteiger partial charge is 0.464 e. The van der Waals surface area contributed by atoms with Crippen LogP contribution in [0.4, 0.5) is 0 Å². The van der Waals surface area contributed by atoms with Gasteiger partial charge in [-0.25, -0.2) is 0 Å². The molecule has 1 atom stereocenters. The molecule has 27 heavy (non-hydrogen) atoms. The van der Waals surface area contributed by atoms with Crippen molar-refractivity contribution < 1.29 is 23.9 Å². The molecule has 1 aromatic heterocycles. The fourth-order valence-electron chi connectivity index (χ4n) is 2.88. The number of carbonyl (C=O) groups excluding carboxylic acids is 4. The number of imide groups is 1. The maximum absolute atomic E-state index is 12.3. The number of nitrogens with one attached hydrogen (secondary N) is 1. The average Bonchev–Trinajstić information content (AvgIpc) is 3.25. The summed E-state index contributed by atoms with van der Waals surface area (Å²) in [5.74, 6) is -1.53. The van der Waals surface area contributed by atoms with Crippen LogP contribution in [-0.2, 0) is 14.3 Å². The molecule has 2 heterocycles. The van der Waals surface area contributed by atoms with E-state index in [2.05, 4.69) is 5.32 Å². The number of thiophene rings is 1. The monoisotopic (exact) mass is 386 g/mol. The molecule has 1 aromatic carbocycles. The Hall–Kier alpha value is -3.00. The number of hydrogen-bond acceptors (Lipinski definition) is 6. The molecule has 0 aliphatic carbocycles. The molecule has 0 spiro atoms. The maximum atomic E-state index is 12.3. The van der Waals surface area contributed by atoms with Crippen LogP contribution in [0.1, 0.15) is 45.0 Å². The van der Waals surface area contributed by atoms with Gasteiger partial charge < -0.3 is 10.1 Å². The molecule has 0 saturated heterocycles. The number of benzene rings is 1. The van der Waals surface area contributed by atoms with Crippen LogP contribution in [0.2, 0.25) is 0 Å². The van der Waals surface area contributed by atoms with Gasteiger partial charge in [0.2, 0.25) is 5.91 Å². The van der Waals surface area contributed by atoms with Crippen molar-refractivity contribution in [1.82, 2.24) is 10.2 Å². The number of ether oxygens (including phenoxy) is 1. The maximum Gasteiger partial charge on any atom is 0.308 e. The molecule has 8 heteroatoms. The van der Waals surface area contributed by atoms with Crippen LogP contribution in [0.15, 0.2) is 41.8 Å². The molecular weight excluding hydrogens is 368 g/mol. The number of amides is 3. The summed E-state index contributed by atoms with van der Waals surface area (Å²) in [5.41, 5.74) is 0.717. The summed E-state index contributed by atoms with van der Waals surface area (Å²) in [6.45, 7) is 1.28. The first-order chi connectivity index (χ1) is 13.0. The van der Waals surface area contributed by atoms with E-state index >= 15 is 0 Å². The molecule has 0 radical (unpaired) electrons. The Morgan fingerprint density at radius 3 is 2.33 bits per heavy atom. The predicted molar refractivity (Wildman–Crippen MR) is 98.3 cm³/mol. The molecule has 0 bridgehead atoms. The lowest BCUT2D eigenvalue weighted by Crippen LogP contribution is -2.34. The van der Waals surface area contributed by atoms with Gasteiger partial charge in [0, 0.05) is 11.8 Å². The Bertz CT molecular complexity index is 843. The molecule has 3 amide bonds. The van der Waals surface area contributed by atoms with Gasteiger partial charge in [0.15, 0.2) is 0 Å². The predicted octanol–water partition coefficient (Wildman–Crippen LogP) is 2.15. The first kappa shape index (κ1) is 18.8. The van der Waals surface area contributed by atoms with Crippen molar-refractivity contribution in [2.75, 3.05) is 13.2 Å². The smallest absolute Gasteiger partial charge is 0.308 e. The molecule has 1 aliphatic heterocycles. The van der Waals surface area contributed by atoms with E-state index in [1.54, 1.807) is 24.3 Å². The van der Waals surface area contributed by atoms with Crippen molar-refractivity contribution in [1.29, 1.82) is 0 Å². The Kier molecular flexibility index (Phi) is 5.66. The van der Waals surface area contributed by atoms with Gasteiger partial charge in [-0.15, -0.1) is 11.3 Å². The van der Waals surface area contributed by atoms with Crippen LogP contribution in [-0.4, -0.2) is 41.7 Å². The van der Waals surface area contributed by atoms with Gasteiger partial charge in [-0.05, 0) is 23.6 Å². The molecule has 140 valence electrons. The van der Waals surface area contributed by atoms with Gasteiger partial charge in [0.05, 0.1) is 30.1 Å². The van der Waals surface area contributed by atoms with E-state index in [-0.39, 0.29) is 37.3 Å². The Labute approximate surface area is 159 Å². The summed E-state index contributed by atoms with van der Waals surface area (Å²) in [5, 5.41) is 4.58. The van der Waals surface area contributed by atoms with Crippen LogP contribution in [0.25, 0.3) is 0 Å². The van der Waals surface area contributed by atoms with Gasteiger partial charge in [-0.1, -0.05) is 18.2 Å². The minimum Gasteiger partial charge on any atom is -0.464 e. The number of hydrogen-bond donors (Lipinski definition) is 1. The number of nitrogens with zero attached hydrogens (tertiary/aromatic N) is 1. The van der Waals surface area contributed by atoms with Gasteiger partial charge in [-0.3, -0.25) is 24.1 Å². The molecule has 7 nitrogen and oxygen atoms in total. The molecular formula is C19H18N2O5S. The second kappa shape index (κ2) is 8.13. The fourth-order valence-corrected chi connectivity index (χ4v) is 3.65. The summed E-state index contributed by atoms with van der Waals surface area (Å²) in [7, 11) is 0. The van der Waals surface area contributed by atoms with Crippen LogP contribution >= 0.6 is 11.3 Å². The quantitative estimate of drug-likeness (QED) is 0.581. The normalized spacial score (nSPS) is 14.0. The third kappa shape index (κ3) is 4.22. The van der Waals surface area contributed by atoms with E-state index in [0.29, 0.717) is 11.1 Å². The summed E-state index contributed by atoms with van der Waals surface area (Å²) < 4.78 is 5.18. The van der Waals surface area contributed by atoms with E-state index in [9.17, 15) is 19.2 Å². The highest BCUT2D eigenvalue weighted by molar-refractivity contribution is 7.10. The lowest BCUT2D eigenvalue weighted by atomic mass is 10.1. The van der Waals surface area contributed by atoms with E-state index in [0.717, 1.165) is 9.78 Å². The van der Waals surface area contributed by atoms with Crippen molar-refractivity contribution in [3.05, 3.63) is 57.8 Å². The molecule has 3 rings (SSSR count). The third-order valence-corrected chi connectivity index (χ3v) is 5.08. The van der Waals surface area contributed by atoms with Gasteiger partial charge in [0.1, 0.15) is 6.61 Å². The highest BCUT2D eigenvalue weighted by Gasteiger charge is 2.34. The first-order valence-electron chi connectivity index (χ1n) is 8.38. The first-order valence-corrected chi connectivity index (χ1v) is 9.26. The zero-order valence-electron chi connectivity index (χ0n) is 14.6. The van der Waals surface area contributed by atoms with Crippen LogP contribution in [0.3, 0.4) is 0 Å². The Balaban J connectivity index is 1.53. The van der Waals surface area contributed by atoms with E-state index in [4.69, 9.17) is 4.74 Å². The average molecular weight is 386 g/mol. The summed E-state index contributed by atoms with van der Waals surface area (Å²) >= 11 is 1.43. The summed E-state index contributed by atoms with van der Waals surface area (Å²) in [6, 6.07) is 9.79. The lowest BCUT2D eigenvalue weighted by Gasteiger charge is -2.17. The van der Waals surface area contributed by atoms with Gasteiger partial charge >= 0.3 is 5.97 Å². The van der Waals surface area contributed by atoms with Crippen molar-refractivity contribution in [2.24, 2.45) is 0 Å². The fraction of sp³-hybridized carbons (Fsp3) is 0.263. The van der Waals surface area contributed by atoms with Crippen LogP contribution in [0, 0.1) is 0 Å². The van der Waals surface area contributed by atoms with Gasteiger partial charge in [-0.2, -0.15) is 0 Å². The van der Waals surface area contributed by atoms with Crippen molar-refractivity contribution in [3.63, 3.8) is 0 Å². The highest BCUT2D eigenvalue weighted by atomic mass is 32.1. The molecule has 0 fully saturated rings. The Morgan fingerprint density at radius 1 is 1.11 bits per heavy atom. The molecule has 1 aliphatic rings. The van der Waals surface area contributed by atoms with E-state index in [1.807, 2.05) is 17.5 Å². The molecule has 0 saturated carbocycles. The number of fused-ring (bicyclic) bond motifs is 1. The highest BCUT2D eigenvalue weighted by Crippen LogP contribution is 2.23. The van der Waals surface area contributed by atoms with E-state index < -0.39 is 12.0 Å². The van der Waals surface area contributed by atoms with Crippen molar-refractivity contribution >= 4 is 35.0 Å². The van der Waals surface area contributed by atoms with Gasteiger partial charge in [0.25, 0.3) is 11.8 Å². The molecule has 1 unspecified atom stereocenters. The zero-order chi connectivity index (χ0) is 19.4. The molecule has 1 N–H and O–H groups in total. The topological polar surface area (TPSA) is 92.8 Å². The van der Waals surface area contributed by atoms with Crippen molar-refractivity contribution in [3.8, 4) is 0 Å². The SMILES string of the molecule is CC(=O)NC(CC(=O)OCCN1C(=O)c2ccccc2C1=O)c1cccs1. The number of esters is 1. The van der Waals surface area contributed by atoms with Crippen LogP contribution in [0.5, 0.6) is 0 Å². The van der Waals surface area contributed by atoms with E-state index in [1.165, 1.54) is 18.3 Å². The van der Waals surface area contributed by atoms with Crippen molar-refractivity contribution in [2.45, 2.75) is 19.4 Å². The Morgan fingerprint density at radius 2 is 1.78 bits per heavy atom. The standard InChI is InChI=1S/C19H18N2O5S/c1-12(22)20-15(16-7-4-10-27-16)11-17(23)26-9-8-21-18(24)13-5-2-3-6-14(13)19(21)25/h2-7,10,15H,8-9,11H2,1H3,(H,20,22). The number of rotatable bonds is 7. The lowest BCUT2D eigenvalue weighted by molar-refractivity contribution is -0.144. The van der Waals surface area contributed by atoms with Crippen LogP contribution < -0.4 is 5.32 Å². The zero-order valence-corrected chi connectivity index (χ0v) is 15.5. The third-order valence-electron chi connectivity index (χ3n) is 4.09. The number of carbonyl (C=O) groups is 4. The minimum absolute atomic E-state index is 0.0120. The second-order valence-electron chi connectivity index (χ2n) is 6.00. The molecule has 2 aromatic rings.